The summed E-state index contributed by atoms with van der Waals surface area (Å²) in [4.78, 5) is 44.5. The van der Waals surface area contributed by atoms with Gasteiger partial charge in [0.05, 0.1) is 17.4 Å². The fourth-order valence-electron chi connectivity index (χ4n) is 3.73. The number of fused-ring (bicyclic) bond motifs is 1. The normalized spacial score (nSPS) is 10.7. The van der Waals surface area contributed by atoms with Crippen molar-refractivity contribution in [3.63, 3.8) is 0 Å². The summed E-state index contributed by atoms with van der Waals surface area (Å²) < 4.78 is 1.63. The smallest absolute Gasteiger partial charge is 0.321 e. The number of hydrogen-bond donors (Lipinski definition) is 2. The van der Waals surface area contributed by atoms with E-state index in [9.17, 15) is 14.4 Å². The molecule has 0 saturated heterocycles. The Hall–Kier alpha value is -4.73. The van der Waals surface area contributed by atoms with Crippen LogP contribution in [0, 0.1) is 0 Å². The van der Waals surface area contributed by atoms with Crippen LogP contribution in [0.4, 0.5) is 10.5 Å². The van der Waals surface area contributed by atoms with E-state index in [0.29, 0.717) is 34.6 Å². The summed E-state index contributed by atoms with van der Waals surface area (Å²) in [6.45, 7) is 0.304. The molecule has 4 amide bonds. The Bertz CT molecular complexity index is 1460. The van der Waals surface area contributed by atoms with Crippen LogP contribution in [0.1, 0.15) is 26.4 Å². The molecule has 10 heteroatoms. The molecule has 190 valence electrons. The fourth-order valence-corrected chi connectivity index (χ4v) is 3.73. The van der Waals surface area contributed by atoms with Gasteiger partial charge in [0, 0.05) is 64.0 Å². The summed E-state index contributed by atoms with van der Waals surface area (Å²) in [7, 11) is 8.53. The maximum absolute atomic E-state index is 13.1. The quantitative estimate of drug-likeness (QED) is 0.423. The molecule has 0 aliphatic rings. The highest BCUT2D eigenvalue weighted by Gasteiger charge is 2.18. The van der Waals surface area contributed by atoms with Crippen LogP contribution in [0.15, 0.2) is 60.8 Å². The molecule has 0 spiro atoms. The summed E-state index contributed by atoms with van der Waals surface area (Å²) in [5.74, 6) is -0.381. The number of aryl methyl sites for hydroxylation is 1. The van der Waals surface area contributed by atoms with Gasteiger partial charge in [-0.15, -0.1) is 0 Å². The lowest BCUT2D eigenvalue weighted by Gasteiger charge is -2.12. The first kappa shape index (κ1) is 25.4. The van der Waals surface area contributed by atoms with Crippen molar-refractivity contribution in [1.82, 2.24) is 29.9 Å². The number of hydrogen-bond acceptors (Lipinski definition) is 5. The third-order valence-corrected chi connectivity index (χ3v) is 5.85. The zero-order valence-electron chi connectivity index (χ0n) is 21.4. The highest BCUT2D eigenvalue weighted by atomic mass is 16.2. The van der Waals surface area contributed by atoms with E-state index in [4.69, 9.17) is 0 Å². The summed E-state index contributed by atoms with van der Waals surface area (Å²) in [5.41, 5.74) is 4.67. The van der Waals surface area contributed by atoms with Crippen LogP contribution in [0.5, 0.6) is 0 Å². The molecule has 4 rings (SSSR count). The van der Waals surface area contributed by atoms with Crippen LogP contribution in [-0.2, 0) is 13.6 Å². The highest BCUT2D eigenvalue weighted by Crippen LogP contribution is 2.25. The fraction of sp³-hybridized carbons (Fsp3) is 0.222. The number of nitrogens with one attached hydrogen (secondary N) is 2. The van der Waals surface area contributed by atoms with E-state index in [1.165, 1.54) is 9.80 Å². The van der Waals surface area contributed by atoms with E-state index in [1.807, 2.05) is 30.3 Å². The van der Waals surface area contributed by atoms with Gasteiger partial charge in [0.1, 0.15) is 0 Å². The standard InChI is InChI=1S/C27H29N7O3/c1-32(2)26(36)19-10-8-18(9-11-19)22-14-21-23(16-28-22)34(5)31-24(21)25(35)29-15-17-6-12-20(13-7-17)30-27(37)33(3)4/h6-14,16H,15H2,1-5H3,(H,29,35)(H,30,37). The van der Waals surface area contributed by atoms with Crippen LogP contribution >= 0.6 is 0 Å². The highest BCUT2D eigenvalue weighted by molar-refractivity contribution is 6.05. The SMILES string of the molecule is CN(C)C(=O)Nc1ccc(CNC(=O)c2nn(C)c3cnc(-c4ccc(C(=O)N(C)C)cc4)cc23)cc1. The number of nitrogens with zero attached hydrogens (tertiary/aromatic N) is 5. The van der Waals surface area contributed by atoms with E-state index in [2.05, 4.69) is 20.7 Å². The number of rotatable bonds is 6. The van der Waals surface area contributed by atoms with Gasteiger partial charge in [0.25, 0.3) is 11.8 Å². The van der Waals surface area contributed by atoms with Gasteiger partial charge in [0.2, 0.25) is 0 Å². The largest absolute Gasteiger partial charge is 0.347 e. The summed E-state index contributed by atoms with van der Waals surface area (Å²) in [6, 6.07) is 16.1. The second-order valence-electron chi connectivity index (χ2n) is 9.04. The molecule has 0 fully saturated rings. The van der Waals surface area contributed by atoms with Gasteiger partial charge in [-0.05, 0) is 35.9 Å². The molecule has 10 nitrogen and oxygen atoms in total. The van der Waals surface area contributed by atoms with E-state index in [1.54, 1.807) is 70.4 Å². The van der Waals surface area contributed by atoms with Crippen molar-refractivity contribution < 1.29 is 14.4 Å². The monoisotopic (exact) mass is 499 g/mol. The molecule has 0 radical (unpaired) electrons. The summed E-state index contributed by atoms with van der Waals surface area (Å²) >= 11 is 0. The van der Waals surface area contributed by atoms with Crippen LogP contribution in [0.3, 0.4) is 0 Å². The molecule has 0 saturated carbocycles. The molecule has 37 heavy (non-hydrogen) atoms. The zero-order valence-corrected chi connectivity index (χ0v) is 21.4. The first-order chi connectivity index (χ1) is 17.6. The molecule has 0 bridgehead atoms. The van der Waals surface area contributed by atoms with E-state index in [0.717, 1.165) is 16.6 Å². The minimum atomic E-state index is -0.306. The maximum atomic E-state index is 13.1. The number of carbonyl (C=O) groups excluding carboxylic acids is 3. The Balaban J connectivity index is 1.50. The molecule has 2 N–H and O–H groups in total. The molecule has 0 aliphatic heterocycles. The van der Waals surface area contributed by atoms with Gasteiger partial charge < -0.3 is 20.4 Å². The van der Waals surface area contributed by atoms with Crippen LogP contribution in [-0.4, -0.2) is 70.6 Å². The predicted molar refractivity (Wildman–Crippen MR) is 142 cm³/mol. The number of urea groups is 1. The number of anilines is 1. The summed E-state index contributed by atoms with van der Waals surface area (Å²) in [6.07, 6.45) is 1.69. The maximum Gasteiger partial charge on any atom is 0.321 e. The Labute approximate surface area is 214 Å². The second-order valence-corrected chi connectivity index (χ2v) is 9.04. The van der Waals surface area contributed by atoms with Crippen LogP contribution < -0.4 is 10.6 Å². The van der Waals surface area contributed by atoms with Crippen molar-refractivity contribution in [2.75, 3.05) is 33.5 Å². The molecule has 0 atom stereocenters. The molecular weight excluding hydrogens is 470 g/mol. The van der Waals surface area contributed by atoms with Crippen molar-refractivity contribution in [2.24, 2.45) is 7.05 Å². The van der Waals surface area contributed by atoms with Gasteiger partial charge in [-0.1, -0.05) is 24.3 Å². The van der Waals surface area contributed by atoms with Gasteiger partial charge in [0.15, 0.2) is 5.69 Å². The van der Waals surface area contributed by atoms with Crippen molar-refractivity contribution in [3.05, 3.63) is 77.6 Å². The predicted octanol–water partition coefficient (Wildman–Crippen LogP) is 3.36. The Kier molecular flexibility index (Phi) is 7.19. The molecule has 0 aliphatic carbocycles. The lowest BCUT2D eigenvalue weighted by molar-refractivity contribution is 0.0827. The lowest BCUT2D eigenvalue weighted by Crippen LogP contribution is -2.27. The molecule has 0 unspecified atom stereocenters. The number of pyridine rings is 1. The first-order valence-electron chi connectivity index (χ1n) is 11.6. The number of aromatic nitrogens is 3. The first-order valence-corrected chi connectivity index (χ1v) is 11.6. The van der Waals surface area contributed by atoms with Crippen LogP contribution in [0.25, 0.3) is 22.2 Å². The molecule has 2 aromatic carbocycles. The topological polar surface area (TPSA) is 112 Å². The van der Waals surface area contributed by atoms with Gasteiger partial charge in [-0.2, -0.15) is 5.10 Å². The minimum absolute atomic E-state index is 0.0749. The van der Waals surface area contributed by atoms with Gasteiger partial charge in [-0.3, -0.25) is 19.3 Å². The number of benzene rings is 2. The minimum Gasteiger partial charge on any atom is -0.347 e. The average Bonchev–Trinajstić information content (AvgIpc) is 3.23. The lowest BCUT2D eigenvalue weighted by atomic mass is 10.1. The molecule has 2 heterocycles. The molecular formula is C27H29N7O3. The third-order valence-electron chi connectivity index (χ3n) is 5.85. The average molecular weight is 500 g/mol. The van der Waals surface area contributed by atoms with E-state index >= 15 is 0 Å². The van der Waals surface area contributed by atoms with Crippen molar-refractivity contribution in [1.29, 1.82) is 0 Å². The van der Waals surface area contributed by atoms with Crippen LogP contribution in [0.2, 0.25) is 0 Å². The zero-order chi connectivity index (χ0) is 26.7. The number of carbonyl (C=O) groups is 3. The Morgan fingerprint density at radius 1 is 0.919 bits per heavy atom. The van der Waals surface area contributed by atoms with Crippen molar-refractivity contribution in [2.45, 2.75) is 6.54 Å². The van der Waals surface area contributed by atoms with Gasteiger partial charge in [-0.25, -0.2) is 4.79 Å². The Morgan fingerprint density at radius 2 is 1.59 bits per heavy atom. The number of amides is 4. The second kappa shape index (κ2) is 10.5. The van der Waals surface area contributed by atoms with E-state index < -0.39 is 0 Å². The van der Waals surface area contributed by atoms with Crippen molar-refractivity contribution >= 4 is 34.4 Å². The van der Waals surface area contributed by atoms with Gasteiger partial charge >= 0.3 is 6.03 Å². The van der Waals surface area contributed by atoms with E-state index in [-0.39, 0.29) is 17.8 Å². The van der Waals surface area contributed by atoms with Crippen molar-refractivity contribution in [3.8, 4) is 11.3 Å². The summed E-state index contributed by atoms with van der Waals surface area (Å²) in [5, 5.41) is 10.8. The molecule has 4 aromatic rings. The Morgan fingerprint density at radius 3 is 2.22 bits per heavy atom. The molecule has 2 aromatic heterocycles. The third kappa shape index (κ3) is 5.58.